The molecule has 43 heavy (non-hydrogen) atoms. The Morgan fingerprint density at radius 2 is 1.70 bits per heavy atom. The number of methoxy groups -OCH3 is 1. The van der Waals surface area contributed by atoms with Gasteiger partial charge in [0.15, 0.2) is 11.2 Å². The molecule has 5 rings (SSSR count). The van der Waals surface area contributed by atoms with Gasteiger partial charge in [0, 0.05) is 5.92 Å². The minimum atomic E-state index is -4.11. The van der Waals surface area contributed by atoms with Gasteiger partial charge in [0.1, 0.15) is 36.6 Å². The quantitative estimate of drug-likeness (QED) is 0.184. The lowest BCUT2D eigenvalue weighted by molar-refractivity contribution is -0.155. The third kappa shape index (κ3) is 6.94. The molecule has 16 nitrogen and oxygen atoms in total. The second kappa shape index (κ2) is 13.0. The smallest absolute Gasteiger partial charge is 0.342 e. The van der Waals surface area contributed by atoms with Crippen LogP contribution in [0.5, 0.6) is 5.88 Å². The van der Waals surface area contributed by atoms with Crippen LogP contribution in [0.1, 0.15) is 65.5 Å². The number of hydrogen-bond acceptors (Lipinski definition) is 13. The van der Waals surface area contributed by atoms with Gasteiger partial charge in [-0.2, -0.15) is 9.97 Å². The van der Waals surface area contributed by atoms with Gasteiger partial charge in [0.2, 0.25) is 11.8 Å². The number of aromatic nitrogens is 4. The summed E-state index contributed by atoms with van der Waals surface area (Å²) in [6, 6.07) is -2.04. The van der Waals surface area contributed by atoms with Crippen molar-refractivity contribution >= 4 is 36.7 Å². The molecule has 0 bridgehead atoms. The molecule has 3 aliphatic rings. The third-order valence-corrected chi connectivity index (χ3v) is 10.0. The summed E-state index contributed by atoms with van der Waals surface area (Å²) >= 11 is 0. The van der Waals surface area contributed by atoms with E-state index in [4.69, 9.17) is 29.2 Å². The van der Waals surface area contributed by atoms with Crippen LogP contribution in [0.4, 0.5) is 5.95 Å². The summed E-state index contributed by atoms with van der Waals surface area (Å²) in [6.07, 6.45) is 3.52. The molecule has 5 N–H and O–H groups in total. The fourth-order valence-electron chi connectivity index (χ4n) is 5.00. The first-order valence-electron chi connectivity index (χ1n) is 14.6. The molecule has 2 aliphatic carbocycles. The summed E-state index contributed by atoms with van der Waals surface area (Å²) in [4.78, 5) is 37.9. The molecule has 238 valence electrons. The Balaban J connectivity index is 1.29. The van der Waals surface area contributed by atoms with Crippen LogP contribution in [0.2, 0.25) is 0 Å². The lowest BCUT2D eigenvalue weighted by Gasteiger charge is -2.31. The molecule has 3 heterocycles. The number of carbonyl (C=O) groups excluding carboxylic acids is 2. The molecule has 0 aromatic carbocycles. The highest BCUT2D eigenvalue weighted by Crippen LogP contribution is 2.43. The number of nitrogens with two attached hydrogens (primary N) is 1. The number of anilines is 1. The topological polar surface area (TPSA) is 211 Å². The number of aliphatic hydroxyl groups is 1. The fourth-order valence-corrected chi connectivity index (χ4v) is 6.81. The molecule has 0 radical (unpaired) electrons. The number of aliphatic hydroxyl groups excluding tert-OH is 1. The molecule has 17 heteroatoms. The van der Waals surface area contributed by atoms with E-state index in [1.807, 2.05) is 0 Å². The highest BCUT2D eigenvalue weighted by Gasteiger charge is 2.44. The Labute approximate surface area is 248 Å². The number of esters is 2. The van der Waals surface area contributed by atoms with Crippen LogP contribution in [0.3, 0.4) is 0 Å². The minimum Gasteiger partial charge on any atom is -0.479 e. The van der Waals surface area contributed by atoms with Crippen molar-refractivity contribution in [3.8, 4) is 5.88 Å². The van der Waals surface area contributed by atoms with Gasteiger partial charge in [-0.3, -0.25) is 18.7 Å². The summed E-state index contributed by atoms with van der Waals surface area (Å²) < 4.78 is 43.8. The Morgan fingerprint density at radius 3 is 2.21 bits per heavy atom. The third-order valence-electron chi connectivity index (χ3n) is 8.08. The van der Waals surface area contributed by atoms with Gasteiger partial charge in [-0.15, -0.1) is 0 Å². The van der Waals surface area contributed by atoms with Crippen molar-refractivity contribution in [2.75, 3.05) is 19.5 Å². The maximum absolute atomic E-state index is 14.1. The number of hydrogen-bond donors (Lipinski definition) is 4. The van der Waals surface area contributed by atoms with Crippen molar-refractivity contribution in [1.82, 2.24) is 29.7 Å². The lowest BCUT2D eigenvalue weighted by atomic mass is 9.96. The highest BCUT2D eigenvalue weighted by molar-refractivity contribution is 7.54. The van der Waals surface area contributed by atoms with E-state index in [0.717, 1.165) is 38.5 Å². The van der Waals surface area contributed by atoms with E-state index in [0.29, 0.717) is 11.2 Å². The molecular weight excluding hydrogens is 585 g/mol. The van der Waals surface area contributed by atoms with Crippen LogP contribution in [0.25, 0.3) is 11.2 Å². The van der Waals surface area contributed by atoms with E-state index in [2.05, 4.69) is 25.1 Å². The monoisotopic (exact) mass is 625 g/mol. The van der Waals surface area contributed by atoms with Gasteiger partial charge < -0.3 is 34.3 Å². The predicted octanol–water partition coefficient (Wildman–Crippen LogP) is 1.58. The largest absolute Gasteiger partial charge is 0.479 e. The molecule has 0 amide bonds. The summed E-state index contributed by atoms with van der Waals surface area (Å²) in [5.41, 5.74) is 6.56. The number of rotatable bonds is 13. The van der Waals surface area contributed by atoms with Gasteiger partial charge in [-0.05, 0) is 52.4 Å². The van der Waals surface area contributed by atoms with Crippen LogP contribution in [0, 0.1) is 5.92 Å². The Morgan fingerprint density at radius 1 is 1.12 bits per heavy atom. The Hall–Kier alpha value is -2.88. The zero-order valence-corrected chi connectivity index (χ0v) is 25.6. The molecule has 6 atom stereocenters. The molecule has 3 fully saturated rings. The van der Waals surface area contributed by atoms with Gasteiger partial charge in [0.05, 0.1) is 26.1 Å². The van der Waals surface area contributed by atoms with Crippen LogP contribution in [0.15, 0.2) is 6.33 Å². The van der Waals surface area contributed by atoms with Gasteiger partial charge in [-0.1, -0.05) is 6.92 Å². The zero-order chi connectivity index (χ0) is 30.9. The van der Waals surface area contributed by atoms with Crippen LogP contribution >= 0.6 is 7.67 Å². The molecular formula is C26H40N7O9P. The summed E-state index contributed by atoms with van der Waals surface area (Å²) in [5, 5.41) is 16.4. The summed E-state index contributed by atoms with van der Waals surface area (Å²) in [6.45, 7) is 4.43. The van der Waals surface area contributed by atoms with E-state index < -0.39 is 56.0 Å². The number of imidazole rings is 1. The van der Waals surface area contributed by atoms with Crippen molar-refractivity contribution < 1.29 is 42.7 Å². The molecule has 0 spiro atoms. The van der Waals surface area contributed by atoms with Crippen molar-refractivity contribution in [2.24, 2.45) is 5.92 Å². The van der Waals surface area contributed by atoms with Gasteiger partial charge in [-0.25, -0.2) is 15.2 Å². The Kier molecular flexibility index (Phi) is 9.54. The maximum atomic E-state index is 14.1. The van der Waals surface area contributed by atoms with Crippen molar-refractivity contribution in [2.45, 2.75) is 102 Å². The number of carbonyl (C=O) groups is 2. The Bertz CT molecular complexity index is 1330. The van der Waals surface area contributed by atoms with Gasteiger partial charge >= 0.3 is 19.6 Å². The fraction of sp³-hybridized carbons (Fsp3) is 0.731. The molecule has 1 aliphatic heterocycles. The first-order valence-corrected chi connectivity index (χ1v) is 16.2. The number of fused-ring (bicyclic) bond motifs is 1. The van der Waals surface area contributed by atoms with Gasteiger partial charge in [0.25, 0.3) is 0 Å². The number of nitrogens with one attached hydrogen (secondary N) is 2. The average Bonchev–Trinajstić information content (AvgIpc) is 3.46. The molecule has 1 saturated heterocycles. The van der Waals surface area contributed by atoms with Crippen molar-refractivity contribution in [3.63, 3.8) is 0 Å². The van der Waals surface area contributed by atoms with Crippen molar-refractivity contribution in [1.29, 1.82) is 0 Å². The van der Waals surface area contributed by atoms with E-state index in [1.54, 1.807) is 11.5 Å². The molecule has 0 unspecified atom stereocenters. The van der Waals surface area contributed by atoms with E-state index in [-0.39, 0.29) is 30.6 Å². The zero-order valence-electron chi connectivity index (χ0n) is 24.7. The van der Waals surface area contributed by atoms with Crippen molar-refractivity contribution in [3.05, 3.63) is 6.33 Å². The molecule has 2 aromatic heterocycles. The standard InChI is InChI=1S/C26H40N7O9P/c1-13-20(34)18(42-23(13)33-12-28-19-21(33)29-26(27)30-22(19)38-4)11-39-43(37,31-14(2)24(35)40-16-7-5-8-16)32-15(3)25(36)41-17-9-6-10-17/h12-18,20,23,34H,5-11H2,1-4H3,(H2,27,29,30)(H2,31,32,37)/t13-,14-,15-,18+,20-,23+/m0/s1. The first kappa shape index (κ1) is 31.5. The predicted molar refractivity (Wildman–Crippen MR) is 152 cm³/mol. The number of ether oxygens (including phenoxy) is 4. The highest BCUT2D eigenvalue weighted by atomic mass is 31.2. The van der Waals surface area contributed by atoms with E-state index in [1.165, 1.54) is 27.3 Å². The molecule has 2 aromatic rings. The number of nitrogen functional groups attached to an aromatic ring is 1. The van der Waals surface area contributed by atoms with Crippen LogP contribution in [-0.2, 0) is 32.9 Å². The summed E-state index contributed by atoms with van der Waals surface area (Å²) in [7, 11) is -2.67. The minimum absolute atomic E-state index is 0.0230. The average molecular weight is 626 g/mol. The second-order valence-electron chi connectivity index (χ2n) is 11.4. The molecule has 2 saturated carbocycles. The second-order valence-corrected chi connectivity index (χ2v) is 13.2. The normalized spacial score (nSPS) is 26.0. The summed E-state index contributed by atoms with van der Waals surface area (Å²) in [5.74, 6) is -1.48. The van der Waals surface area contributed by atoms with E-state index >= 15 is 0 Å². The lowest BCUT2D eigenvalue weighted by Crippen LogP contribution is -2.45. The van der Waals surface area contributed by atoms with Crippen LogP contribution in [-0.4, -0.2) is 86.8 Å². The number of nitrogens with zero attached hydrogens (tertiary/aromatic N) is 4. The van der Waals surface area contributed by atoms with E-state index in [9.17, 15) is 19.3 Å². The van der Waals surface area contributed by atoms with Crippen LogP contribution < -0.4 is 20.6 Å². The first-order chi connectivity index (χ1) is 20.5. The maximum Gasteiger partial charge on any atom is 0.342 e. The SMILES string of the molecule is COc1nc(N)nc2c1ncn2[C@@H]1O[C@H](COP(=O)(N[C@@H](C)C(=O)OC2CCC2)N[C@@H](C)C(=O)OC2CCC2)[C@@H](O)[C@@H]1C.